The predicted octanol–water partition coefficient (Wildman–Crippen LogP) is 0.407. The minimum absolute atomic E-state index is 0.1000. The maximum atomic E-state index is 10.9. The van der Waals surface area contributed by atoms with Gasteiger partial charge in [-0.3, -0.25) is 4.79 Å². The maximum Gasteiger partial charge on any atom is 0.416 e. The lowest BCUT2D eigenvalue weighted by Gasteiger charge is -2.18. The van der Waals surface area contributed by atoms with E-state index in [4.69, 9.17) is 10.2 Å². The van der Waals surface area contributed by atoms with Gasteiger partial charge >= 0.3 is 6.09 Å². The first kappa shape index (κ1) is 10.6. The molecule has 0 bridgehead atoms. The fraction of sp³-hybridized carbons (Fsp3) is 0.429. The summed E-state index contributed by atoms with van der Waals surface area (Å²) in [4.78, 5) is 21.7. The standard InChI is InChI=1S/C7H11NO4/c1-3-4-6(10)8(5(2)9)7(11)12/h3,5,9H,1,4H2,2H3,(H,11,12). The minimum atomic E-state index is -1.46. The van der Waals surface area contributed by atoms with Gasteiger partial charge in [-0.25, -0.2) is 9.69 Å². The van der Waals surface area contributed by atoms with Crippen molar-refractivity contribution < 1.29 is 19.8 Å². The number of hydrogen-bond acceptors (Lipinski definition) is 3. The van der Waals surface area contributed by atoms with Gasteiger partial charge in [-0.05, 0) is 6.92 Å². The fourth-order valence-corrected chi connectivity index (χ4v) is 0.697. The van der Waals surface area contributed by atoms with E-state index in [1.807, 2.05) is 0 Å². The maximum absolute atomic E-state index is 10.9. The quantitative estimate of drug-likeness (QED) is 0.478. The molecule has 0 aromatic heterocycles. The summed E-state index contributed by atoms with van der Waals surface area (Å²) in [6.45, 7) is 4.48. The topological polar surface area (TPSA) is 77.8 Å². The van der Waals surface area contributed by atoms with Crippen LogP contribution in [-0.2, 0) is 4.79 Å². The number of nitrogens with zero attached hydrogens (tertiary/aromatic N) is 1. The van der Waals surface area contributed by atoms with Crippen LogP contribution in [0.4, 0.5) is 4.79 Å². The lowest BCUT2D eigenvalue weighted by atomic mass is 10.3. The molecule has 1 atom stereocenters. The second kappa shape index (κ2) is 4.50. The Hall–Kier alpha value is -1.36. The molecule has 5 heteroatoms. The molecule has 0 spiro atoms. The molecule has 1 unspecified atom stereocenters. The smallest absolute Gasteiger partial charge is 0.416 e. The third-order valence-electron chi connectivity index (χ3n) is 1.17. The number of carboxylic acid groups (broad SMARTS) is 1. The van der Waals surface area contributed by atoms with E-state index in [1.165, 1.54) is 13.0 Å². The Balaban J connectivity index is 4.40. The van der Waals surface area contributed by atoms with Crippen LogP contribution in [0.5, 0.6) is 0 Å². The van der Waals surface area contributed by atoms with Gasteiger partial charge in [0.05, 0.1) is 0 Å². The van der Waals surface area contributed by atoms with Crippen molar-refractivity contribution in [1.29, 1.82) is 0 Å². The van der Waals surface area contributed by atoms with Crippen molar-refractivity contribution in [3.63, 3.8) is 0 Å². The second-order valence-corrected chi connectivity index (χ2v) is 2.17. The zero-order valence-electron chi connectivity index (χ0n) is 6.73. The lowest BCUT2D eigenvalue weighted by Crippen LogP contribution is -2.42. The predicted molar refractivity (Wildman–Crippen MR) is 41.4 cm³/mol. The van der Waals surface area contributed by atoms with Crippen molar-refractivity contribution in [2.75, 3.05) is 0 Å². The summed E-state index contributed by atoms with van der Waals surface area (Å²) < 4.78 is 0. The van der Waals surface area contributed by atoms with Gasteiger partial charge in [0.1, 0.15) is 6.23 Å². The molecule has 0 aliphatic rings. The van der Waals surface area contributed by atoms with Crippen molar-refractivity contribution >= 4 is 12.0 Å². The summed E-state index contributed by atoms with van der Waals surface area (Å²) in [7, 11) is 0. The normalized spacial score (nSPS) is 11.8. The van der Waals surface area contributed by atoms with Crippen LogP contribution in [-0.4, -0.2) is 33.3 Å². The SMILES string of the molecule is C=CCC(=O)N(C(=O)O)C(C)O. The summed E-state index contributed by atoms with van der Waals surface area (Å²) in [6.07, 6.45) is -1.61. The Morgan fingerprint density at radius 2 is 2.17 bits per heavy atom. The molecule has 12 heavy (non-hydrogen) atoms. The molecule has 0 saturated heterocycles. The highest BCUT2D eigenvalue weighted by atomic mass is 16.4. The molecule has 0 radical (unpaired) electrons. The van der Waals surface area contributed by atoms with Crippen molar-refractivity contribution in [2.45, 2.75) is 19.6 Å². The Morgan fingerprint density at radius 3 is 2.42 bits per heavy atom. The summed E-state index contributed by atoms with van der Waals surface area (Å²) in [5.74, 6) is -0.687. The summed E-state index contributed by atoms with van der Waals surface area (Å²) in [6, 6.07) is 0. The Bertz CT molecular complexity index is 200. The molecule has 0 aromatic carbocycles. The number of aliphatic hydroxyl groups is 1. The fourth-order valence-electron chi connectivity index (χ4n) is 0.697. The highest BCUT2D eigenvalue weighted by Crippen LogP contribution is 2.00. The van der Waals surface area contributed by atoms with E-state index in [0.717, 1.165) is 0 Å². The van der Waals surface area contributed by atoms with Gasteiger partial charge in [0.25, 0.3) is 0 Å². The monoisotopic (exact) mass is 173 g/mol. The molecule has 0 heterocycles. The average Bonchev–Trinajstić information content (AvgIpc) is 1.85. The third-order valence-corrected chi connectivity index (χ3v) is 1.17. The number of amides is 2. The molecule has 0 aliphatic carbocycles. The Morgan fingerprint density at radius 1 is 1.67 bits per heavy atom. The van der Waals surface area contributed by atoms with E-state index in [2.05, 4.69) is 6.58 Å². The zero-order chi connectivity index (χ0) is 9.72. The third kappa shape index (κ3) is 2.71. The molecule has 2 amide bonds. The molecule has 68 valence electrons. The van der Waals surface area contributed by atoms with Gasteiger partial charge in [0.2, 0.25) is 5.91 Å². The average molecular weight is 173 g/mol. The molecule has 0 rings (SSSR count). The van der Waals surface area contributed by atoms with Crippen molar-refractivity contribution in [1.82, 2.24) is 4.90 Å². The molecular weight excluding hydrogens is 162 g/mol. The Labute approximate surface area is 69.9 Å². The van der Waals surface area contributed by atoms with Crippen LogP contribution < -0.4 is 0 Å². The molecule has 0 saturated carbocycles. The highest BCUT2D eigenvalue weighted by Gasteiger charge is 2.23. The highest BCUT2D eigenvalue weighted by molar-refractivity contribution is 5.91. The van der Waals surface area contributed by atoms with E-state index in [9.17, 15) is 9.59 Å². The number of carbonyl (C=O) groups excluding carboxylic acids is 1. The van der Waals surface area contributed by atoms with Crippen molar-refractivity contribution in [3.8, 4) is 0 Å². The molecule has 5 nitrogen and oxygen atoms in total. The van der Waals surface area contributed by atoms with E-state index < -0.39 is 18.2 Å². The van der Waals surface area contributed by atoms with Gasteiger partial charge in [-0.1, -0.05) is 6.08 Å². The second-order valence-electron chi connectivity index (χ2n) is 2.17. The van der Waals surface area contributed by atoms with Crippen LogP contribution in [0.25, 0.3) is 0 Å². The van der Waals surface area contributed by atoms with Gasteiger partial charge in [-0.15, -0.1) is 6.58 Å². The van der Waals surface area contributed by atoms with Crippen LogP contribution in [0, 0.1) is 0 Å². The molecular formula is C7H11NO4. The molecule has 0 aromatic rings. The van der Waals surface area contributed by atoms with Crippen LogP contribution >= 0.6 is 0 Å². The number of rotatable bonds is 3. The zero-order valence-corrected chi connectivity index (χ0v) is 6.73. The van der Waals surface area contributed by atoms with Crippen molar-refractivity contribution in [2.24, 2.45) is 0 Å². The van der Waals surface area contributed by atoms with E-state index in [0.29, 0.717) is 4.90 Å². The molecule has 0 fully saturated rings. The summed E-state index contributed by atoms with van der Waals surface area (Å²) >= 11 is 0. The number of carbonyl (C=O) groups is 2. The Kier molecular flexibility index (Phi) is 3.99. The van der Waals surface area contributed by atoms with Gasteiger partial charge in [-0.2, -0.15) is 0 Å². The molecule has 0 aliphatic heterocycles. The largest absolute Gasteiger partial charge is 0.465 e. The first-order chi connectivity index (χ1) is 5.50. The first-order valence-corrected chi connectivity index (χ1v) is 3.34. The first-order valence-electron chi connectivity index (χ1n) is 3.34. The van der Waals surface area contributed by atoms with E-state index in [-0.39, 0.29) is 6.42 Å². The van der Waals surface area contributed by atoms with E-state index in [1.54, 1.807) is 0 Å². The lowest BCUT2D eigenvalue weighted by molar-refractivity contribution is -0.135. The van der Waals surface area contributed by atoms with E-state index >= 15 is 0 Å². The summed E-state index contributed by atoms with van der Waals surface area (Å²) in [5, 5.41) is 17.3. The molecule has 2 N–H and O–H groups in total. The van der Waals surface area contributed by atoms with Crippen LogP contribution in [0.3, 0.4) is 0 Å². The number of aliphatic hydroxyl groups excluding tert-OH is 1. The van der Waals surface area contributed by atoms with Crippen LogP contribution in [0.15, 0.2) is 12.7 Å². The summed E-state index contributed by atoms with van der Waals surface area (Å²) in [5.41, 5.74) is 0. The van der Waals surface area contributed by atoms with Gasteiger partial charge in [0.15, 0.2) is 0 Å². The van der Waals surface area contributed by atoms with Crippen LogP contribution in [0.1, 0.15) is 13.3 Å². The minimum Gasteiger partial charge on any atom is -0.465 e. The van der Waals surface area contributed by atoms with Crippen LogP contribution in [0.2, 0.25) is 0 Å². The number of hydrogen-bond donors (Lipinski definition) is 2. The van der Waals surface area contributed by atoms with Gasteiger partial charge in [0, 0.05) is 6.42 Å². The number of imide groups is 1. The van der Waals surface area contributed by atoms with Crippen molar-refractivity contribution in [3.05, 3.63) is 12.7 Å². The van der Waals surface area contributed by atoms with Gasteiger partial charge < -0.3 is 10.2 Å².